The molecule has 2 nitrogen and oxygen atoms in total. The number of amides is 1. The summed E-state index contributed by atoms with van der Waals surface area (Å²) in [6.45, 7) is 2.01. The van der Waals surface area contributed by atoms with E-state index in [0.29, 0.717) is 0 Å². The Morgan fingerprint density at radius 2 is 1.92 bits per heavy atom. The molecule has 1 rings (SSSR count). The van der Waals surface area contributed by atoms with Crippen molar-refractivity contribution in [2.75, 3.05) is 7.05 Å². The maximum atomic E-state index is 10.8. The number of nitrogens with one attached hydrogen (secondary N) is 1. The maximum absolute atomic E-state index is 10.8. The van der Waals surface area contributed by atoms with Crippen LogP contribution in [0.25, 0.3) is 0 Å². The van der Waals surface area contributed by atoms with Crippen molar-refractivity contribution < 1.29 is 4.79 Å². The van der Waals surface area contributed by atoms with Gasteiger partial charge >= 0.3 is 0 Å². The van der Waals surface area contributed by atoms with E-state index in [0.717, 1.165) is 5.56 Å². The number of hydrogen-bond donors (Lipinski definition) is 1. The Hall–Kier alpha value is -1.75. The summed E-state index contributed by atoms with van der Waals surface area (Å²) in [5.41, 5.74) is 2.04. The average molecular weight is 173 g/mol. The molecule has 0 aliphatic rings. The van der Waals surface area contributed by atoms with Crippen LogP contribution in [0.15, 0.2) is 24.3 Å². The molecule has 2 heteroatoms. The molecule has 0 saturated heterocycles. The molecule has 0 fully saturated rings. The predicted octanol–water partition coefficient (Wildman–Crippen LogP) is 1.09. The van der Waals surface area contributed by atoms with Crippen molar-refractivity contribution in [3.63, 3.8) is 0 Å². The molecule has 0 saturated carbocycles. The molecule has 0 atom stereocenters. The van der Waals surface area contributed by atoms with Crippen molar-refractivity contribution in [3.8, 4) is 11.8 Å². The molecule has 0 bridgehead atoms. The van der Waals surface area contributed by atoms with E-state index in [1.165, 1.54) is 5.56 Å². The third-order valence-electron chi connectivity index (χ3n) is 1.60. The minimum atomic E-state index is -0.263. The van der Waals surface area contributed by atoms with Crippen LogP contribution >= 0.6 is 0 Å². The smallest absolute Gasteiger partial charge is 0.295 e. The van der Waals surface area contributed by atoms with E-state index in [4.69, 9.17) is 0 Å². The van der Waals surface area contributed by atoms with Crippen molar-refractivity contribution in [3.05, 3.63) is 35.4 Å². The number of benzene rings is 1. The molecular weight excluding hydrogens is 162 g/mol. The third kappa shape index (κ3) is 3.00. The second-order valence-corrected chi connectivity index (χ2v) is 2.70. The highest BCUT2D eigenvalue weighted by Crippen LogP contribution is 2.00. The highest BCUT2D eigenvalue weighted by molar-refractivity contribution is 5.93. The molecule has 0 aliphatic carbocycles. The van der Waals surface area contributed by atoms with E-state index < -0.39 is 0 Å². The van der Waals surface area contributed by atoms with Crippen LogP contribution in [0.5, 0.6) is 0 Å². The van der Waals surface area contributed by atoms with Crippen molar-refractivity contribution in [1.29, 1.82) is 0 Å². The average Bonchev–Trinajstić information content (AvgIpc) is 2.16. The zero-order valence-electron chi connectivity index (χ0n) is 7.72. The van der Waals surface area contributed by atoms with Crippen LogP contribution in [0.2, 0.25) is 0 Å². The van der Waals surface area contributed by atoms with Crippen molar-refractivity contribution in [1.82, 2.24) is 5.32 Å². The molecule has 66 valence electrons. The lowest BCUT2D eigenvalue weighted by atomic mass is 10.1. The van der Waals surface area contributed by atoms with Gasteiger partial charge in [-0.15, -0.1) is 0 Å². The summed E-state index contributed by atoms with van der Waals surface area (Å²) in [6, 6.07) is 7.72. The molecule has 0 spiro atoms. The molecule has 1 aromatic rings. The summed E-state index contributed by atoms with van der Waals surface area (Å²) in [5, 5.41) is 2.43. The van der Waals surface area contributed by atoms with Gasteiger partial charge in [0.15, 0.2) is 0 Å². The van der Waals surface area contributed by atoms with Gasteiger partial charge < -0.3 is 5.32 Å². The fraction of sp³-hybridized carbons (Fsp3) is 0.182. The first-order valence-corrected chi connectivity index (χ1v) is 4.03. The number of carbonyl (C=O) groups excluding carboxylic acids is 1. The fourth-order valence-electron chi connectivity index (χ4n) is 0.828. The van der Waals surface area contributed by atoms with E-state index in [2.05, 4.69) is 17.2 Å². The lowest BCUT2D eigenvalue weighted by Gasteiger charge is -1.91. The predicted molar refractivity (Wildman–Crippen MR) is 52.1 cm³/mol. The summed E-state index contributed by atoms with van der Waals surface area (Å²) in [5.74, 6) is 4.97. The topological polar surface area (TPSA) is 29.1 Å². The lowest BCUT2D eigenvalue weighted by Crippen LogP contribution is -2.14. The fourth-order valence-corrected chi connectivity index (χ4v) is 0.828. The van der Waals surface area contributed by atoms with Crippen LogP contribution in [0.3, 0.4) is 0 Å². The van der Waals surface area contributed by atoms with Crippen LogP contribution in [0.4, 0.5) is 0 Å². The van der Waals surface area contributed by atoms with Gasteiger partial charge in [-0.25, -0.2) is 0 Å². The van der Waals surface area contributed by atoms with Gasteiger partial charge in [0, 0.05) is 18.5 Å². The number of rotatable bonds is 0. The van der Waals surface area contributed by atoms with Crippen molar-refractivity contribution >= 4 is 5.91 Å². The molecule has 0 aliphatic heterocycles. The molecule has 0 heterocycles. The Balaban J connectivity index is 2.78. The Morgan fingerprint density at radius 1 is 1.31 bits per heavy atom. The lowest BCUT2D eigenvalue weighted by molar-refractivity contribution is -0.115. The van der Waals surface area contributed by atoms with E-state index in [9.17, 15) is 4.79 Å². The minimum absolute atomic E-state index is 0.263. The van der Waals surface area contributed by atoms with Crippen molar-refractivity contribution in [2.45, 2.75) is 6.92 Å². The zero-order chi connectivity index (χ0) is 9.68. The SMILES string of the molecule is CNC(=O)C#Cc1ccc(C)cc1. The second-order valence-electron chi connectivity index (χ2n) is 2.70. The first-order chi connectivity index (χ1) is 6.22. The Morgan fingerprint density at radius 3 is 2.46 bits per heavy atom. The van der Waals surface area contributed by atoms with Gasteiger partial charge in [0.2, 0.25) is 0 Å². The Kier molecular flexibility index (Phi) is 3.10. The maximum Gasteiger partial charge on any atom is 0.295 e. The largest absolute Gasteiger partial charge is 0.348 e. The molecule has 0 unspecified atom stereocenters. The van der Waals surface area contributed by atoms with Gasteiger partial charge in [0.1, 0.15) is 0 Å². The van der Waals surface area contributed by atoms with Crippen LogP contribution in [0.1, 0.15) is 11.1 Å². The molecule has 1 aromatic carbocycles. The highest BCUT2D eigenvalue weighted by Gasteiger charge is 1.88. The number of aryl methyl sites for hydroxylation is 1. The quantitative estimate of drug-likeness (QED) is 0.585. The van der Waals surface area contributed by atoms with E-state index in [-0.39, 0.29) is 5.91 Å². The van der Waals surface area contributed by atoms with E-state index >= 15 is 0 Å². The summed E-state index contributed by atoms with van der Waals surface area (Å²) in [6.07, 6.45) is 0. The molecule has 13 heavy (non-hydrogen) atoms. The second kappa shape index (κ2) is 4.32. The van der Waals surface area contributed by atoms with Gasteiger partial charge in [-0.3, -0.25) is 4.79 Å². The molecule has 0 aromatic heterocycles. The Labute approximate surface area is 78.0 Å². The van der Waals surface area contributed by atoms with Gasteiger partial charge in [-0.2, -0.15) is 0 Å². The zero-order valence-corrected chi connectivity index (χ0v) is 7.72. The van der Waals surface area contributed by atoms with Gasteiger partial charge in [0.05, 0.1) is 0 Å². The van der Waals surface area contributed by atoms with Crippen LogP contribution < -0.4 is 5.32 Å². The Bertz CT molecular complexity index is 354. The van der Waals surface area contributed by atoms with Gasteiger partial charge in [-0.1, -0.05) is 23.6 Å². The summed E-state index contributed by atoms with van der Waals surface area (Å²) in [7, 11) is 1.56. The van der Waals surface area contributed by atoms with Crippen LogP contribution in [-0.2, 0) is 4.79 Å². The molecule has 1 N–H and O–H groups in total. The monoisotopic (exact) mass is 173 g/mol. The van der Waals surface area contributed by atoms with Crippen molar-refractivity contribution in [2.24, 2.45) is 0 Å². The van der Waals surface area contributed by atoms with Gasteiger partial charge in [0.25, 0.3) is 5.91 Å². The third-order valence-corrected chi connectivity index (χ3v) is 1.60. The first kappa shape index (κ1) is 9.34. The summed E-state index contributed by atoms with van der Waals surface area (Å²) >= 11 is 0. The number of hydrogen-bond acceptors (Lipinski definition) is 1. The number of carbonyl (C=O) groups is 1. The molecular formula is C11H11NO. The minimum Gasteiger partial charge on any atom is -0.348 e. The summed E-state index contributed by atoms with van der Waals surface area (Å²) in [4.78, 5) is 10.8. The van der Waals surface area contributed by atoms with Crippen LogP contribution in [0, 0.1) is 18.8 Å². The standard InChI is InChI=1S/C11H11NO/c1-9-3-5-10(6-4-9)7-8-11(13)12-2/h3-6H,1-2H3,(H,12,13). The first-order valence-electron chi connectivity index (χ1n) is 4.03. The summed E-state index contributed by atoms with van der Waals surface area (Å²) < 4.78 is 0. The van der Waals surface area contributed by atoms with Gasteiger partial charge in [-0.05, 0) is 19.1 Å². The molecule has 0 radical (unpaired) electrons. The van der Waals surface area contributed by atoms with E-state index in [1.807, 2.05) is 31.2 Å². The molecule has 1 amide bonds. The van der Waals surface area contributed by atoms with E-state index in [1.54, 1.807) is 7.05 Å². The van der Waals surface area contributed by atoms with Crippen LogP contribution in [-0.4, -0.2) is 13.0 Å². The normalized spacial score (nSPS) is 8.46. The highest BCUT2D eigenvalue weighted by atomic mass is 16.1.